The highest BCUT2D eigenvalue weighted by Crippen LogP contribution is 2.43. The van der Waals surface area contributed by atoms with Crippen molar-refractivity contribution < 1.29 is 14.6 Å². The molecule has 6 heteroatoms. The average Bonchev–Trinajstić information content (AvgIpc) is 2.69. The van der Waals surface area contributed by atoms with E-state index in [1.54, 1.807) is 18.3 Å². The number of rotatable bonds is 4. The van der Waals surface area contributed by atoms with Gasteiger partial charge < -0.3 is 14.7 Å². The van der Waals surface area contributed by atoms with Crippen LogP contribution in [-0.4, -0.2) is 51.3 Å². The Morgan fingerprint density at radius 1 is 1.16 bits per heavy atom. The molecule has 2 saturated heterocycles. The zero-order valence-electron chi connectivity index (χ0n) is 20.8. The van der Waals surface area contributed by atoms with Crippen LogP contribution in [0.1, 0.15) is 85.3 Å². The Morgan fingerprint density at radius 3 is 2.32 bits per heavy atom. The van der Waals surface area contributed by atoms with Gasteiger partial charge >= 0.3 is 6.09 Å². The molecule has 178 valence electrons. The summed E-state index contributed by atoms with van der Waals surface area (Å²) in [7, 11) is 0. The number of ether oxygens (including phenoxy) is 1. The summed E-state index contributed by atoms with van der Waals surface area (Å²) >= 11 is 6.25. The van der Waals surface area contributed by atoms with Crippen LogP contribution in [0.15, 0.2) is 24.3 Å². The number of piperidine rings is 1. The van der Waals surface area contributed by atoms with Gasteiger partial charge in [0.1, 0.15) is 5.60 Å². The predicted molar refractivity (Wildman–Crippen MR) is 129 cm³/mol. The number of hydrogen-bond donors (Lipinski definition) is 1. The second-order valence-corrected chi connectivity index (χ2v) is 9.55. The first-order chi connectivity index (χ1) is 14.5. The quantitative estimate of drug-likeness (QED) is 0.546. The summed E-state index contributed by atoms with van der Waals surface area (Å²) in [5.74, 6) is 0. The first kappa shape index (κ1) is 27.7. The molecule has 2 unspecified atom stereocenters. The van der Waals surface area contributed by atoms with Crippen LogP contribution in [-0.2, 0) is 10.3 Å². The molecule has 2 aliphatic heterocycles. The van der Waals surface area contributed by atoms with Crippen LogP contribution in [0.25, 0.3) is 0 Å². The molecule has 3 rings (SSSR count). The minimum Gasteiger partial charge on any atom is -0.438 e. The van der Waals surface area contributed by atoms with Crippen molar-refractivity contribution in [1.29, 1.82) is 0 Å². The van der Waals surface area contributed by atoms with Crippen molar-refractivity contribution >= 4 is 17.9 Å². The number of cyclic esters (lactones) is 1. The number of amides is 1. The molecular weight excluding hydrogens is 412 g/mol. The molecule has 2 fully saturated rings. The maximum atomic E-state index is 13.1. The van der Waals surface area contributed by atoms with E-state index in [0.29, 0.717) is 25.9 Å². The van der Waals surface area contributed by atoms with Gasteiger partial charge in [0.25, 0.3) is 0 Å². The lowest BCUT2D eigenvalue weighted by atomic mass is 9.79. The van der Waals surface area contributed by atoms with Crippen LogP contribution in [0.4, 0.5) is 4.79 Å². The van der Waals surface area contributed by atoms with Gasteiger partial charge in [-0.15, -0.1) is 0 Å². The molecule has 1 N–H and O–H groups in total. The molecular formula is C25H43ClN2O3. The molecule has 0 bridgehead atoms. The Kier molecular flexibility index (Phi) is 10.3. The van der Waals surface area contributed by atoms with Crippen molar-refractivity contribution in [3.05, 3.63) is 35.4 Å². The number of carbonyl (C=O) groups excluding carboxylic acids is 1. The van der Waals surface area contributed by atoms with Gasteiger partial charge in [0.2, 0.25) is 0 Å². The van der Waals surface area contributed by atoms with E-state index in [1.807, 2.05) is 57.7 Å². The molecule has 31 heavy (non-hydrogen) atoms. The molecule has 2 aliphatic rings. The SMILES string of the molecule is CC.CC.Cc1cccc(C2(CC(C)(C)O)CCN(C3(C)CCCN(Cl)C3)C(=O)O2)c1. The van der Waals surface area contributed by atoms with Crippen LogP contribution >= 0.6 is 11.8 Å². The smallest absolute Gasteiger partial charge is 0.411 e. The van der Waals surface area contributed by atoms with Crippen molar-refractivity contribution in [2.75, 3.05) is 19.6 Å². The molecule has 5 nitrogen and oxygen atoms in total. The van der Waals surface area contributed by atoms with E-state index in [1.165, 1.54) is 0 Å². The summed E-state index contributed by atoms with van der Waals surface area (Å²) < 4.78 is 7.88. The molecule has 0 spiro atoms. The van der Waals surface area contributed by atoms with E-state index in [0.717, 1.165) is 30.5 Å². The molecule has 0 aromatic heterocycles. The Bertz CT molecular complexity index is 706. The summed E-state index contributed by atoms with van der Waals surface area (Å²) in [6.45, 7) is 17.7. The number of benzene rings is 1. The highest BCUT2D eigenvalue weighted by atomic mass is 35.5. The number of halogens is 1. The van der Waals surface area contributed by atoms with Crippen LogP contribution in [0.3, 0.4) is 0 Å². The zero-order valence-corrected chi connectivity index (χ0v) is 21.6. The van der Waals surface area contributed by atoms with Gasteiger partial charge in [-0.05, 0) is 57.9 Å². The number of carbonyl (C=O) groups is 1. The highest BCUT2D eigenvalue weighted by Gasteiger charge is 2.50. The maximum absolute atomic E-state index is 13.1. The van der Waals surface area contributed by atoms with Crippen molar-refractivity contribution in [2.45, 2.75) is 97.8 Å². The lowest BCUT2D eigenvalue weighted by Crippen LogP contribution is -2.62. The fourth-order valence-corrected chi connectivity index (χ4v) is 4.96. The predicted octanol–water partition coefficient (Wildman–Crippen LogP) is 6.25. The minimum atomic E-state index is -0.951. The van der Waals surface area contributed by atoms with Crippen LogP contribution in [0.5, 0.6) is 0 Å². The molecule has 0 radical (unpaired) electrons. The molecule has 1 aromatic carbocycles. The van der Waals surface area contributed by atoms with Gasteiger partial charge in [-0.3, -0.25) is 0 Å². The standard InChI is InChI=1S/C21H31ClN2O3.2C2H6/c1-16-7-5-8-17(13-16)21(14-19(2,3)26)10-12-24(18(25)27-21)20(4)9-6-11-23(22)15-20;2*1-2/h5,7-8,13,26H,6,9-12,14-15H2,1-4H3;2*1-2H3. The Hall–Kier alpha value is -1.30. The average molecular weight is 455 g/mol. The largest absolute Gasteiger partial charge is 0.438 e. The third kappa shape index (κ3) is 7.10. The van der Waals surface area contributed by atoms with Gasteiger partial charge in [-0.1, -0.05) is 57.5 Å². The van der Waals surface area contributed by atoms with E-state index < -0.39 is 11.2 Å². The van der Waals surface area contributed by atoms with E-state index >= 15 is 0 Å². The molecule has 2 heterocycles. The fourth-order valence-electron chi connectivity index (χ4n) is 4.58. The Labute approximate surface area is 194 Å². The molecule has 0 aliphatic carbocycles. The number of aryl methyl sites for hydroxylation is 1. The number of nitrogens with zero attached hydrogens (tertiary/aromatic N) is 2. The molecule has 2 atom stereocenters. The summed E-state index contributed by atoms with van der Waals surface area (Å²) in [6, 6.07) is 8.04. The Balaban J connectivity index is 0.00000113. The molecule has 0 saturated carbocycles. The van der Waals surface area contributed by atoms with Crippen LogP contribution < -0.4 is 0 Å². The lowest BCUT2D eigenvalue weighted by molar-refractivity contribution is -0.114. The minimum absolute atomic E-state index is 0.318. The van der Waals surface area contributed by atoms with Gasteiger partial charge in [0.05, 0.1) is 11.1 Å². The zero-order chi connectivity index (χ0) is 23.9. The van der Waals surface area contributed by atoms with Crippen molar-refractivity contribution in [2.24, 2.45) is 0 Å². The van der Waals surface area contributed by atoms with E-state index in [4.69, 9.17) is 16.5 Å². The normalized spacial score (nSPS) is 26.8. The number of hydrogen-bond acceptors (Lipinski definition) is 4. The van der Waals surface area contributed by atoms with Gasteiger partial charge in [-0.25, -0.2) is 9.21 Å². The summed E-state index contributed by atoms with van der Waals surface area (Å²) in [4.78, 5) is 15.0. The fraction of sp³-hybridized carbons (Fsp3) is 0.720. The molecule has 1 amide bonds. The third-order valence-corrected chi connectivity index (χ3v) is 6.07. The molecule has 1 aromatic rings. The van der Waals surface area contributed by atoms with E-state index in [2.05, 4.69) is 13.0 Å². The summed E-state index contributed by atoms with van der Waals surface area (Å²) in [5, 5.41) is 10.5. The van der Waals surface area contributed by atoms with Gasteiger partial charge in [-0.2, -0.15) is 0 Å². The number of aliphatic hydroxyl groups is 1. The third-order valence-electron chi connectivity index (χ3n) is 5.78. The Morgan fingerprint density at radius 2 is 1.81 bits per heavy atom. The van der Waals surface area contributed by atoms with Crippen molar-refractivity contribution in [3.63, 3.8) is 0 Å². The monoisotopic (exact) mass is 454 g/mol. The summed E-state index contributed by atoms with van der Waals surface area (Å²) in [6.07, 6.45) is 2.55. The van der Waals surface area contributed by atoms with E-state index in [9.17, 15) is 9.90 Å². The van der Waals surface area contributed by atoms with Crippen LogP contribution in [0, 0.1) is 6.92 Å². The van der Waals surface area contributed by atoms with Crippen molar-refractivity contribution in [1.82, 2.24) is 9.32 Å². The second-order valence-electron chi connectivity index (χ2n) is 9.07. The second kappa shape index (κ2) is 11.5. The summed E-state index contributed by atoms with van der Waals surface area (Å²) in [5.41, 5.74) is -0.0364. The first-order valence-corrected chi connectivity index (χ1v) is 12.1. The van der Waals surface area contributed by atoms with Crippen molar-refractivity contribution in [3.8, 4) is 0 Å². The lowest BCUT2D eigenvalue weighted by Gasteiger charge is -2.51. The van der Waals surface area contributed by atoms with Gasteiger partial charge in [0.15, 0.2) is 0 Å². The first-order valence-electron chi connectivity index (χ1n) is 11.7. The van der Waals surface area contributed by atoms with Gasteiger partial charge in [0, 0.05) is 32.5 Å². The topological polar surface area (TPSA) is 53.0 Å². The van der Waals surface area contributed by atoms with Crippen LogP contribution in [0.2, 0.25) is 0 Å². The van der Waals surface area contributed by atoms with E-state index in [-0.39, 0.29) is 11.6 Å². The maximum Gasteiger partial charge on any atom is 0.411 e. The highest BCUT2D eigenvalue weighted by molar-refractivity contribution is 6.13.